The number of rotatable bonds is 8. The van der Waals surface area contributed by atoms with E-state index in [9.17, 15) is 19.5 Å². The van der Waals surface area contributed by atoms with Gasteiger partial charge < -0.3 is 29.3 Å². The van der Waals surface area contributed by atoms with Crippen LogP contribution in [0.25, 0.3) is 0 Å². The zero-order valence-electron chi connectivity index (χ0n) is 24.0. The van der Waals surface area contributed by atoms with Crippen molar-refractivity contribution >= 4 is 29.2 Å². The highest BCUT2D eigenvalue weighted by molar-refractivity contribution is 6.05. The number of hydrogen-bond acceptors (Lipinski definition) is 7. The van der Waals surface area contributed by atoms with Crippen molar-refractivity contribution in [1.82, 2.24) is 4.90 Å². The summed E-state index contributed by atoms with van der Waals surface area (Å²) in [6, 6.07) is 15.6. The smallest absolute Gasteiger partial charge is 0.313 e. The number of esters is 1. The van der Waals surface area contributed by atoms with Gasteiger partial charge in [0, 0.05) is 31.0 Å². The highest BCUT2D eigenvalue weighted by Crippen LogP contribution is 2.54. The van der Waals surface area contributed by atoms with Crippen molar-refractivity contribution in [2.45, 2.75) is 44.1 Å². The van der Waals surface area contributed by atoms with Gasteiger partial charge in [0.1, 0.15) is 24.2 Å². The third kappa shape index (κ3) is 4.51. The van der Waals surface area contributed by atoms with E-state index >= 15 is 0 Å². The van der Waals surface area contributed by atoms with Crippen molar-refractivity contribution in [3.05, 3.63) is 84.5 Å². The van der Waals surface area contributed by atoms with Crippen molar-refractivity contribution in [2.24, 2.45) is 11.8 Å². The van der Waals surface area contributed by atoms with Gasteiger partial charge >= 0.3 is 5.97 Å². The molecule has 2 aromatic rings. The lowest BCUT2D eigenvalue weighted by Gasteiger charge is -2.38. The number of carbonyl (C=O) groups excluding carboxylic acids is 3. The highest BCUT2D eigenvalue weighted by atomic mass is 16.6. The first kappa shape index (κ1) is 28.2. The first-order valence-electron chi connectivity index (χ1n) is 14.8. The lowest BCUT2D eigenvalue weighted by molar-refractivity contribution is -0.153. The molecular weight excluding hydrogens is 534 g/mol. The number of aliphatic hydroxyl groups is 1. The molecule has 0 aromatic heterocycles. The number of ether oxygens (including phenoxy) is 2. The second-order valence-electron chi connectivity index (χ2n) is 11.2. The van der Waals surface area contributed by atoms with Crippen LogP contribution in [-0.4, -0.2) is 84.4 Å². The van der Waals surface area contributed by atoms with Gasteiger partial charge in [0.05, 0.1) is 24.7 Å². The fourth-order valence-corrected chi connectivity index (χ4v) is 7.10. The van der Waals surface area contributed by atoms with Gasteiger partial charge in [-0.3, -0.25) is 14.4 Å². The van der Waals surface area contributed by atoms with Gasteiger partial charge in [0.25, 0.3) is 5.91 Å². The van der Waals surface area contributed by atoms with Crippen LogP contribution in [0.4, 0.5) is 11.4 Å². The van der Waals surface area contributed by atoms with Gasteiger partial charge in [-0.2, -0.15) is 0 Å². The zero-order chi connectivity index (χ0) is 29.4. The summed E-state index contributed by atoms with van der Waals surface area (Å²) in [4.78, 5) is 47.7. The van der Waals surface area contributed by atoms with E-state index in [2.05, 4.69) is 18.7 Å². The summed E-state index contributed by atoms with van der Waals surface area (Å²) in [6.07, 6.45) is 6.78. The summed E-state index contributed by atoms with van der Waals surface area (Å²) in [5, 5.41) is 10.6. The van der Waals surface area contributed by atoms with Crippen molar-refractivity contribution in [3.8, 4) is 0 Å². The van der Waals surface area contributed by atoms with Crippen molar-refractivity contribution in [2.75, 3.05) is 42.6 Å². The van der Waals surface area contributed by atoms with E-state index in [4.69, 9.17) is 9.47 Å². The van der Waals surface area contributed by atoms with Crippen LogP contribution in [0.3, 0.4) is 0 Å². The zero-order valence-corrected chi connectivity index (χ0v) is 24.0. The molecule has 42 heavy (non-hydrogen) atoms. The molecule has 4 heterocycles. The van der Waals surface area contributed by atoms with Crippen molar-refractivity contribution < 1.29 is 29.0 Å². The molecule has 4 aliphatic heterocycles. The lowest BCUT2D eigenvalue weighted by Crippen LogP contribution is -2.58. The Morgan fingerprint density at radius 2 is 1.74 bits per heavy atom. The quantitative estimate of drug-likeness (QED) is 0.384. The molecule has 9 nitrogen and oxygen atoms in total. The first-order chi connectivity index (χ1) is 20.4. The lowest BCUT2D eigenvalue weighted by atomic mass is 9.78. The van der Waals surface area contributed by atoms with Crippen LogP contribution in [0.2, 0.25) is 0 Å². The minimum atomic E-state index is -1.38. The van der Waals surface area contributed by atoms with Gasteiger partial charge in [-0.1, -0.05) is 48.6 Å². The van der Waals surface area contributed by atoms with Crippen molar-refractivity contribution in [1.29, 1.82) is 0 Å². The average Bonchev–Trinajstić information content (AvgIpc) is 3.31. The number of nitrogens with zero attached hydrogens (tertiary/aromatic N) is 3. The Morgan fingerprint density at radius 3 is 2.43 bits per heavy atom. The van der Waals surface area contributed by atoms with Gasteiger partial charge in [-0.25, -0.2) is 0 Å². The Labute approximate surface area is 246 Å². The molecule has 4 aliphatic rings. The summed E-state index contributed by atoms with van der Waals surface area (Å²) in [5.74, 6) is -3.06. The molecule has 220 valence electrons. The van der Waals surface area contributed by atoms with Gasteiger partial charge in [0.2, 0.25) is 5.91 Å². The molecule has 2 amide bonds. The standard InChI is InChI=1S/C33H37N3O6/c1-3-34(4-2)23-13-15-24(16-14-23)35-18-9-17-33-28(27-26(42-33)12-8-19-41-32(27)40)30(38)36(29(33)31(35)39)25(21-37)20-22-10-6-5-7-11-22/h5-17,25-29,37H,3-4,18-21H2,1-2H3/t25-,26+,27-,28+,29?,33+/m1/s1. The predicted molar refractivity (Wildman–Crippen MR) is 158 cm³/mol. The fraction of sp³-hybridized carbons (Fsp3) is 0.424. The van der Waals surface area contributed by atoms with Crippen LogP contribution < -0.4 is 9.80 Å². The Kier molecular flexibility index (Phi) is 7.64. The van der Waals surface area contributed by atoms with E-state index < -0.39 is 41.6 Å². The maximum absolute atomic E-state index is 14.7. The number of carbonyl (C=O) groups is 3. The summed E-state index contributed by atoms with van der Waals surface area (Å²) >= 11 is 0. The topological polar surface area (TPSA) is 99.6 Å². The average molecular weight is 572 g/mol. The number of aliphatic hydroxyl groups excluding tert-OH is 1. The summed E-state index contributed by atoms with van der Waals surface area (Å²) < 4.78 is 12.0. The van der Waals surface area contributed by atoms with Gasteiger partial charge in [-0.15, -0.1) is 0 Å². The van der Waals surface area contributed by atoms with E-state index in [0.29, 0.717) is 12.1 Å². The molecule has 2 fully saturated rings. The molecular formula is C33H37N3O6. The van der Waals surface area contributed by atoms with E-state index in [-0.39, 0.29) is 31.6 Å². The Bertz CT molecular complexity index is 1390. The maximum atomic E-state index is 14.7. The van der Waals surface area contributed by atoms with E-state index in [0.717, 1.165) is 24.3 Å². The SMILES string of the molecule is CCN(CC)c1ccc(N2CC=C[C@]34O[C@H]5C=CCOC(=O)[C@H]5[C@H]3C(=O)N([C@@H](CO)Cc3ccccc3)C4C2=O)cc1. The Hall–Kier alpha value is -3.95. The van der Waals surface area contributed by atoms with Gasteiger partial charge in [-0.05, 0) is 56.2 Å². The van der Waals surface area contributed by atoms with Crippen molar-refractivity contribution in [3.63, 3.8) is 0 Å². The van der Waals surface area contributed by atoms with E-state index in [1.165, 1.54) is 4.90 Å². The second-order valence-corrected chi connectivity index (χ2v) is 11.2. The van der Waals surface area contributed by atoms with E-state index in [1.54, 1.807) is 23.1 Å². The largest absolute Gasteiger partial charge is 0.461 e. The number of likely N-dealkylation sites (tertiary alicyclic amines) is 1. The molecule has 1 N–H and O–H groups in total. The van der Waals surface area contributed by atoms with Crippen LogP contribution in [0.1, 0.15) is 19.4 Å². The van der Waals surface area contributed by atoms with Gasteiger partial charge in [0.15, 0.2) is 0 Å². The molecule has 6 rings (SSSR count). The van der Waals surface area contributed by atoms with Crippen LogP contribution >= 0.6 is 0 Å². The van der Waals surface area contributed by atoms with Crippen LogP contribution in [-0.2, 0) is 30.3 Å². The summed E-state index contributed by atoms with van der Waals surface area (Å²) in [5.41, 5.74) is 1.29. The molecule has 9 heteroatoms. The highest BCUT2D eigenvalue weighted by Gasteiger charge is 2.72. The number of benzene rings is 2. The number of amides is 2. The molecule has 6 atom stereocenters. The predicted octanol–water partition coefficient (Wildman–Crippen LogP) is 2.73. The first-order valence-corrected chi connectivity index (χ1v) is 14.8. The summed E-state index contributed by atoms with van der Waals surface area (Å²) in [6.45, 7) is 5.96. The monoisotopic (exact) mass is 571 g/mol. The number of cyclic esters (lactones) is 1. The normalized spacial score (nSPS) is 29.0. The fourth-order valence-electron chi connectivity index (χ4n) is 7.10. The third-order valence-corrected chi connectivity index (χ3v) is 9.06. The third-order valence-electron chi connectivity index (χ3n) is 9.06. The molecule has 1 unspecified atom stereocenters. The van der Waals surface area contributed by atoms with E-state index in [1.807, 2.05) is 60.7 Å². The minimum absolute atomic E-state index is 0.107. The number of fused-ring (bicyclic) bond motifs is 2. The minimum Gasteiger partial charge on any atom is -0.461 e. The molecule has 1 spiro atoms. The molecule has 2 saturated heterocycles. The molecule has 0 aliphatic carbocycles. The molecule has 0 bridgehead atoms. The Balaban J connectivity index is 1.43. The van der Waals surface area contributed by atoms with Crippen LogP contribution in [0.5, 0.6) is 0 Å². The maximum Gasteiger partial charge on any atom is 0.313 e. The summed E-state index contributed by atoms with van der Waals surface area (Å²) in [7, 11) is 0. The molecule has 0 radical (unpaired) electrons. The van der Waals surface area contributed by atoms with Crippen LogP contribution in [0.15, 0.2) is 78.9 Å². The number of hydrogen-bond donors (Lipinski definition) is 1. The van der Waals surface area contributed by atoms with Crippen LogP contribution in [0, 0.1) is 11.8 Å². The number of anilines is 2. The second kappa shape index (κ2) is 11.4. The Morgan fingerprint density at radius 1 is 1.00 bits per heavy atom. The molecule has 0 saturated carbocycles. The molecule has 2 aromatic carbocycles.